The van der Waals surface area contributed by atoms with E-state index in [-0.39, 0.29) is 12.2 Å². The summed E-state index contributed by atoms with van der Waals surface area (Å²) in [6.45, 7) is 11.2. The Balaban J connectivity index is 2.56. The van der Waals surface area contributed by atoms with Crippen LogP contribution < -0.4 is 29.6 Å². The zero-order valence-corrected chi connectivity index (χ0v) is 22.6. The molecule has 0 unspecified atom stereocenters. The van der Waals surface area contributed by atoms with Gasteiger partial charge in [0, 0.05) is 17.8 Å². The molecule has 0 saturated carbocycles. The van der Waals surface area contributed by atoms with E-state index in [2.05, 4.69) is 17.2 Å². The van der Waals surface area contributed by atoms with Crippen molar-refractivity contribution in [1.82, 2.24) is 0 Å². The molecule has 0 spiro atoms. The van der Waals surface area contributed by atoms with Crippen LogP contribution in [0, 0.1) is 0 Å². The molecule has 10 nitrogen and oxygen atoms in total. The average Bonchev–Trinajstić information content (AvgIpc) is 2.85. The van der Waals surface area contributed by atoms with Crippen molar-refractivity contribution >= 4 is 23.4 Å². The zero-order valence-electron chi connectivity index (χ0n) is 22.6. The number of nitrogens with one attached hydrogen (secondary N) is 2. The molecule has 0 aliphatic rings. The number of anilines is 2. The lowest BCUT2D eigenvalue weighted by Crippen LogP contribution is -2.27. The Bertz CT molecular complexity index is 1100. The molecule has 1 amide bonds. The summed E-state index contributed by atoms with van der Waals surface area (Å²) >= 11 is 0. The van der Waals surface area contributed by atoms with Gasteiger partial charge in [-0.2, -0.15) is 0 Å². The van der Waals surface area contributed by atoms with Crippen LogP contribution in [0.3, 0.4) is 0 Å². The van der Waals surface area contributed by atoms with Gasteiger partial charge in [0.25, 0.3) is 0 Å². The van der Waals surface area contributed by atoms with Crippen LogP contribution in [-0.4, -0.2) is 52.7 Å². The molecule has 37 heavy (non-hydrogen) atoms. The molecular formula is C27H36N2O8. The standard InChI is InChI=1S/C27H36N2O8/c1-10-36-25(30)16(2)23(28-18-14-21(33-7)24(35-9)22(15-18)34-8)17-11-12-20(32-6)19(13-17)29-26(31)37-27(3,4)5/h11-15,23,28H,2,10H2,1,3-9H3,(H,29,31)/t23-/m1/s1. The second-order valence-electron chi connectivity index (χ2n) is 8.82. The van der Waals surface area contributed by atoms with Crippen LogP contribution in [0.2, 0.25) is 0 Å². The molecule has 2 aromatic rings. The van der Waals surface area contributed by atoms with Gasteiger partial charge in [0.15, 0.2) is 11.5 Å². The van der Waals surface area contributed by atoms with Gasteiger partial charge in [0.05, 0.1) is 52.3 Å². The second kappa shape index (κ2) is 12.8. The van der Waals surface area contributed by atoms with Crippen molar-refractivity contribution in [2.45, 2.75) is 39.3 Å². The Kier molecular flexibility index (Phi) is 10.0. The van der Waals surface area contributed by atoms with Gasteiger partial charge in [-0.3, -0.25) is 5.32 Å². The number of esters is 1. The summed E-state index contributed by atoms with van der Waals surface area (Å²) < 4.78 is 32.3. The first-order valence-corrected chi connectivity index (χ1v) is 11.6. The Morgan fingerprint density at radius 1 is 0.919 bits per heavy atom. The van der Waals surface area contributed by atoms with E-state index in [1.165, 1.54) is 28.4 Å². The first-order chi connectivity index (χ1) is 17.5. The quantitative estimate of drug-likeness (QED) is 0.302. The van der Waals surface area contributed by atoms with Gasteiger partial charge in [-0.05, 0) is 45.4 Å². The number of benzene rings is 2. The SMILES string of the molecule is C=C(C(=O)OCC)[C@@H](Nc1cc(OC)c(OC)c(OC)c1)c1ccc(OC)c(NC(=O)OC(C)(C)C)c1. The lowest BCUT2D eigenvalue weighted by atomic mass is 9.98. The molecule has 10 heteroatoms. The van der Waals surface area contributed by atoms with Crippen molar-refractivity contribution in [3.05, 3.63) is 48.0 Å². The minimum Gasteiger partial charge on any atom is -0.495 e. The second-order valence-corrected chi connectivity index (χ2v) is 8.82. The molecule has 0 bridgehead atoms. The molecule has 0 fully saturated rings. The summed E-state index contributed by atoms with van der Waals surface area (Å²) in [5.74, 6) is 1.09. The van der Waals surface area contributed by atoms with E-state index in [0.717, 1.165) is 0 Å². The van der Waals surface area contributed by atoms with Crippen molar-refractivity contribution in [3.63, 3.8) is 0 Å². The number of carbonyl (C=O) groups excluding carboxylic acids is 2. The van der Waals surface area contributed by atoms with Crippen LogP contribution in [0.15, 0.2) is 42.5 Å². The van der Waals surface area contributed by atoms with Crippen LogP contribution in [0.4, 0.5) is 16.2 Å². The largest absolute Gasteiger partial charge is 0.495 e. The molecule has 0 saturated heterocycles. The maximum absolute atomic E-state index is 12.7. The van der Waals surface area contributed by atoms with Crippen molar-refractivity contribution in [2.24, 2.45) is 0 Å². The maximum atomic E-state index is 12.7. The van der Waals surface area contributed by atoms with E-state index < -0.39 is 23.7 Å². The lowest BCUT2D eigenvalue weighted by molar-refractivity contribution is -0.138. The third kappa shape index (κ3) is 7.70. The summed E-state index contributed by atoms with van der Waals surface area (Å²) in [6.07, 6.45) is -0.652. The summed E-state index contributed by atoms with van der Waals surface area (Å²) in [5.41, 5.74) is 0.955. The molecule has 2 N–H and O–H groups in total. The smallest absolute Gasteiger partial charge is 0.412 e. The summed E-state index contributed by atoms with van der Waals surface area (Å²) in [7, 11) is 6.01. The average molecular weight is 517 g/mol. The number of rotatable bonds is 11. The van der Waals surface area contributed by atoms with Crippen molar-refractivity contribution in [3.8, 4) is 23.0 Å². The molecule has 0 aliphatic heterocycles. The van der Waals surface area contributed by atoms with Gasteiger partial charge in [0.2, 0.25) is 5.75 Å². The Hall–Kier alpha value is -4.08. The maximum Gasteiger partial charge on any atom is 0.412 e. The summed E-state index contributed by atoms with van der Waals surface area (Å²) in [6, 6.07) is 7.74. The van der Waals surface area contributed by atoms with Crippen LogP contribution in [-0.2, 0) is 14.3 Å². The first-order valence-electron chi connectivity index (χ1n) is 11.6. The van der Waals surface area contributed by atoms with Gasteiger partial charge in [-0.15, -0.1) is 0 Å². The van der Waals surface area contributed by atoms with Crippen LogP contribution in [0.25, 0.3) is 0 Å². The van der Waals surface area contributed by atoms with E-state index in [1.54, 1.807) is 58.0 Å². The molecule has 0 aromatic heterocycles. The highest BCUT2D eigenvalue weighted by molar-refractivity contribution is 5.91. The number of hydrogen-bond acceptors (Lipinski definition) is 9. The van der Waals surface area contributed by atoms with Crippen molar-refractivity contribution < 1.29 is 38.0 Å². The number of methoxy groups -OCH3 is 4. The molecule has 2 aromatic carbocycles. The summed E-state index contributed by atoms with van der Waals surface area (Å²) in [5, 5.41) is 6.00. The normalized spacial score (nSPS) is 11.6. The fraction of sp³-hybridized carbons (Fsp3) is 0.407. The van der Waals surface area contributed by atoms with Gasteiger partial charge in [0.1, 0.15) is 11.4 Å². The lowest BCUT2D eigenvalue weighted by Gasteiger charge is -2.24. The topological polar surface area (TPSA) is 114 Å². The Morgan fingerprint density at radius 3 is 2.00 bits per heavy atom. The number of carbonyl (C=O) groups is 2. The van der Waals surface area contributed by atoms with Crippen LogP contribution in [0.1, 0.15) is 39.3 Å². The molecule has 1 atom stereocenters. The number of amides is 1. The van der Waals surface area contributed by atoms with E-state index >= 15 is 0 Å². The highest BCUT2D eigenvalue weighted by Gasteiger charge is 2.25. The number of hydrogen-bond donors (Lipinski definition) is 2. The van der Waals surface area contributed by atoms with E-state index in [4.69, 9.17) is 28.4 Å². The highest BCUT2D eigenvalue weighted by Crippen LogP contribution is 2.41. The monoisotopic (exact) mass is 516 g/mol. The number of ether oxygens (including phenoxy) is 6. The van der Waals surface area contributed by atoms with E-state index in [0.29, 0.717) is 39.9 Å². The van der Waals surface area contributed by atoms with Crippen LogP contribution >= 0.6 is 0 Å². The molecular weight excluding hydrogens is 480 g/mol. The van der Waals surface area contributed by atoms with E-state index in [1.807, 2.05) is 0 Å². The molecule has 0 aliphatic carbocycles. The predicted octanol–water partition coefficient (Wildman–Crippen LogP) is 5.34. The third-order valence-electron chi connectivity index (χ3n) is 5.05. The van der Waals surface area contributed by atoms with Gasteiger partial charge in [-0.25, -0.2) is 9.59 Å². The van der Waals surface area contributed by atoms with E-state index in [9.17, 15) is 9.59 Å². The van der Waals surface area contributed by atoms with Crippen molar-refractivity contribution in [1.29, 1.82) is 0 Å². The Labute approximate surface area is 217 Å². The first kappa shape index (κ1) is 29.2. The minimum atomic E-state index is -0.757. The van der Waals surface area contributed by atoms with Crippen LogP contribution in [0.5, 0.6) is 23.0 Å². The molecule has 2 rings (SSSR count). The van der Waals surface area contributed by atoms with Gasteiger partial charge < -0.3 is 33.7 Å². The highest BCUT2D eigenvalue weighted by atomic mass is 16.6. The predicted molar refractivity (Wildman–Crippen MR) is 141 cm³/mol. The summed E-state index contributed by atoms with van der Waals surface area (Å²) in [4.78, 5) is 25.2. The Morgan fingerprint density at radius 2 is 1.51 bits per heavy atom. The van der Waals surface area contributed by atoms with Crippen molar-refractivity contribution in [2.75, 3.05) is 45.7 Å². The zero-order chi connectivity index (χ0) is 27.8. The van der Waals surface area contributed by atoms with Gasteiger partial charge >= 0.3 is 12.1 Å². The molecule has 0 radical (unpaired) electrons. The fourth-order valence-electron chi connectivity index (χ4n) is 3.46. The minimum absolute atomic E-state index is 0.143. The molecule has 202 valence electrons. The fourth-order valence-corrected chi connectivity index (χ4v) is 3.46. The molecule has 0 heterocycles. The third-order valence-corrected chi connectivity index (χ3v) is 5.05. The van der Waals surface area contributed by atoms with Gasteiger partial charge in [-0.1, -0.05) is 12.6 Å².